The molecule has 1 spiro atoms. The Hall–Kier alpha value is -5.71. The van der Waals surface area contributed by atoms with Crippen LogP contribution in [-0.4, -0.2) is 0 Å². The van der Waals surface area contributed by atoms with E-state index in [2.05, 4.69) is 157 Å². The molecule has 7 aromatic carbocycles. The molecule has 0 radical (unpaired) electrons. The molecule has 0 unspecified atom stereocenters. The van der Waals surface area contributed by atoms with Crippen molar-refractivity contribution in [3.05, 3.63) is 186 Å². The monoisotopic (exact) mass is 621 g/mol. The summed E-state index contributed by atoms with van der Waals surface area (Å²) in [6.45, 7) is 0. The number of furan rings is 1. The number of ether oxygens (including phenoxy) is 1. The van der Waals surface area contributed by atoms with Crippen molar-refractivity contribution in [2.75, 3.05) is 4.90 Å². The number of hydrogen-bond donors (Lipinski definition) is 0. The van der Waals surface area contributed by atoms with Crippen LogP contribution in [0.25, 0.3) is 21.9 Å². The first kappa shape index (κ1) is 26.5. The quantitative estimate of drug-likeness (QED) is 0.196. The van der Waals surface area contributed by atoms with Crippen molar-refractivity contribution in [1.82, 2.24) is 0 Å². The van der Waals surface area contributed by atoms with E-state index in [1.165, 1.54) is 20.9 Å². The summed E-state index contributed by atoms with van der Waals surface area (Å²) >= 11 is 1.84. The molecular weight excluding hydrogens is 595 g/mol. The summed E-state index contributed by atoms with van der Waals surface area (Å²) < 4.78 is 13.1. The fraction of sp³-hybridized carbons (Fsp3) is 0.0233. The summed E-state index contributed by atoms with van der Waals surface area (Å²) in [5.41, 5.74) is 9.14. The average molecular weight is 622 g/mol. The van der Waals surface area contributed by atoms with E-state index in [4.69, 9.17) is 9.15 Å². The van der Waals surface area contributed by atoms with Gasteiger partial charge in [0.15, 0.2) is 0 Å². The third-order valence-corrected chi connectivity index (χ3v) is 10.7. The number of anilines is 3. The second kappa shape index (κ2) is 10.1. The maximum absolute atomic E-state index is 6.73. The van der Waals surface area contributed by atoms with E-state index in [0.717, 1.165) is 61.6 Å². The topological polar surface area (TPSA) is 25.6 Å². The Kier molecular flexibility index (Phi) is 5.72. The fourth-order valence-electron chi connectivity index (χ4n) is 7.62. The van der Waals surface area contributed by atoms with Gasteiger partial charge in [0.1, 0.15) is 22.7 Å². The van der Waals surface area contributed by atoms with Gasteiger partial charge in [-0.1, -0.05) is 103 Å². The Morgan fingerprint density at radius 3 is 1.83 bits per heavy atom. The van der Waals surface area contributed by atoms with E-state index in [1.54, 1.807) is 0 Å². The molecule has 2 aliphatic heterocycles. The van der Waals surface area contributed by atoms with Gasteiger partial charge in [-0.05, 0) is 77.9 Å². The van der Waals surface area contributed by atoms with Gasteiger partial charge >= 0.3 is 0 Å². The SMILES string of the molecule is c1ccc(N(c2ccc3c(c2)C2(c4ccccc4O3)c3ccccc3Sc3ccccc32)c2ccc3c(c2)oc2ccccc23)cc1. The van der Waals surface area contributed by atoms with Gasteiger partial charge in [0.2, 0.25) is 0 Å². The van der Waals surface area contributed by atoms with Gasteiger partial charge < -0.3 is 14.1 Å². The van der Waals surface area contributed by atoms with Crippen molar-refractivity contribution >= 4 is 50.8 Å². The van der Waals surface area contributed by atoms with Gasteiger partial charge in [-0.25, -0.2) is 0 Å². The first-order valence-electron chi connectivity index (χ1n) is 15.8. The van der Waals surface area contributed by atoms with Crippen molar-refractivity contribution < 1.29 is 9.15 Å². The highest BCUT2D eigenvalue weighted by Crippen LogP contribution is 2.62. The number of nitrogens with zero attached hydrogens (tertiary/aromatic N) is 1. The van der Waals surface area contributed by atoms with E-state index in [0.29, 0.717) is 0 Å². The summed E-state index contributed by atoms with van der Waals surface area (Å²) in [5.74, 6) is 1.75. The summed E-state index contributed by atoms with van der Waals surface area (Å²) in [6.07, 6.45) is 0. The Morgan fingerprint density at radius 1 is 0.426 bits per heavy atom. The number of benzene rings is 7. The Bertz CT molecular complexity index is 2400. The first-order valence-corrected chi connectivity index (χ1v) is 16.7. The Morgan fingerprint density at radius 2 is 1.02 bits per heavy atom. The number of fused-ring (bicyclic) bond motifs is 11. The van der Waals surface area contributed by atoms with Gasteiger partial charge in [-0.15, -0.1) is 0 Å². The minimum atomic E-state index is -0.566. The summed E-state index contributed by atoms with van der Waals surface area (Å²) in [4.78, 5) is 4.83. The fourth-order valence-corrected chi connectivity index (χ4v) is 8.81. The lowest BCUT2D eigenvalue weighted by atomic mass is 9.63. The summed E-state index contributed by atoms with van der Waals surface area (Å²) in [6, 6.07) is 58.2. The average Bonchev–Trinajstić information content (AvgIpc) is 3.50. The zero-order chi connectivity index (χ0) is 31.0. The van der Waals surface area contributed by atoms with Crippen molar-refractivity contribution in [3.63, 3.8) is 0 Å². The number of para-hydroxylation sites is 3. The summed E-state index contributed by atoms with van der Waals surface area (Å²) in [5, 5.41) is 2.24. The van der Waals surface area contributed by atoms with Gasteiger partial charge in [-0.3, -0.25) is 0 Å². The van der Waals surface area contributed by atoms with Gasteiger partial charge in [0.25, 0.3) is 0 Å². The molecule has 0 amide bonds. The van der Waals surface area contributed by atoms with E-state index in [-0.39, 0.29) is 0 Å². The molecule has 0 atom stereocenters. The predicted octanol–water partition coefficient (Wildman–Crippen LogP) is 12.0. The second-order valence-electron chi connectivity index (χ2n) is 12.1. The Labute approximate surface area is 276 Å². The van der Waals surface area contributed by atoms with Crippen LogP contribution < -0.4 is 9.64 Å². The normalized spacial score (nSPS) is 13.8. The van der Waals surface area contributed by atoms with Crippen molar-refractivity contribution in [1.29, 1.82) is 0 Å². The van der Waals surface area contributed by atoms with Crippen LogP contribution in [0.2, 0.25) is 0 Å². The molecule has 222 valence electrons. The molecule has 47 heavy (non-hydrogen) atoms. The molecule has 0 fully saturated rings. The molecule has 2 aliphatic rings. The lowest BCUT2D eigenvalue weighted by molar-refractivity contribution is 0.431. The standard InChI is InChI=1S/C43H27NO2S/c1-2-12-28(13-3-1)44(30-22-24-32-31-14-4-8-18-37(31)45-40(32)27-30)29-23-25-39-36(26-29)43(33-15-5-9-19-38(33)46-39)34-16-6-10-20-41(34)47-42-21-11-7-17-35(42)43/h1-27H. The van der Waals surface area contributed by atoms with Crippen LogP contribution in [0.4, 0.5) is 17.1 Å². The van der Waals surface area contributed by atoms with Gasteiger partial charge in [0.05, 0.1) is 5.41 Å². The molecule has 3 nitrogen and oxygen atoms in total. The first-order chi connectivity index (χ1) is 23.3. The minimum absolute atomic E-state index is 0.566. The predicted molar refractivity (Wildman–Crippen MR) is 191 cm³/mol. The maximum atomic E-state index is 6.73. The molecule has 4 heteroatoms. The zero-order valence-corrected chi connectivity index (χ0v) is 26.1. The molecule has 3 heterocycles. The zero-order valence-electron chi connectivity index (χ0n) is 25.3. The van der Waals surface area contributed by atoms with E-state index in [1.807, 2.05) is 23.9 Å². The lowest BCUT2D eigenvalue weighted by Gasteiger charge is -2.45. The highest BCUT2D eigenvalue weighted by molar-refractivity contribution is 7.99. The molecule has 0 aliphatic carbocycles. The van der Waals surface area contributed by atoms with Crippen LogP contribution in [0.5, 0.6) is 11.5 Å². The van der Waals surface area contributed by atoms with Crippen LogP contribution >= 0.6 is 11.8 Å². The molecule has 0 bridgehead atoms. The number of rotatable bonds is 3. The van der Waals surface area contributed by atoms with Crippen LogP contribution in [-0.2, 0) is 5.41 Å². The molecule has 0 N–H and O–H groups in total. The number of hydrogen-bond acceptors (Lipinski definition) is 4. The molecule has 8 aromatic rings. The van der Waals surface area contributed by atoms with E-state index >= 15 is 0 Å². The van der Waals surface area contributed by atoms with Crippen molar-refractivity contribution in [3.8, 4) is 11.5 Å². The van der Waals surface area contributed by atoms with Gasteiger partial charge in [-0.2, -0.15) is 0 Å². The molecule has 0 saturated heterocycles. The molecular formula is C43H27NO2S. The van der Waals surface area contributed by atoms with E-state index < -0.39 is 5.41 Å². The largest absolute Gasteiger partial charge is 0.457 e. The summed E-state index contributed by atoms with van der Waals surface area (Å²) in [7, 11) is 0. The van der Waals surface area contributed by atoms with Gasteiger partial charge in [0, 0.05) is 54.8 Å². The van der Waals surface area contributed by atoms with E-state index in [9.17, 15) is 0 Å². The highest BCUT2D eigenvalue weighted by Gasteiger charge is 2.49. The highest BCUT2D eigenvalue weighted by atomic mass is 32.2. The maximum Gasteiger partial charge on any atom is 0.137 e. The third kappa shape index (κ3) is 3.82. The van der Waals surface area contributed by atoms with Crippen LogP contribution in [0.15, 0.2) is 178 Å². The smallest absolute Gasteiger partial charge is 0.137 e. The van der Waals surface area contributed by atoms with Crippen molar-refractivity contribution in [2.45, 2.75) is 15.2 Å². The molecule has 1 aromatic heterocycles. The van der Waals surface area contributed by atoms with Crippen LogP contribution in [0, 0.1) is 0 Å². The van der Waals surface area contributed by atoms with Crippen molar-refractivity contribution in [2.24, 2.45) is 0 Å². The molecule has 0 saturated carbocycles. The Balaban J connectivity index is 1.26. The third-order valence-electron chi connectivity index (χ3n) is 9.57. The second-order valence-corrected chi connectivity index (χ2v) is 13.2. The minimum Gasteiger partial charge on any atom is -0.457 e. The van der Waals surface area contributed by atoms with Crippen LogP contribution in [0.3, 0.4) is 0 Å². The molecule has 10 rings (SSSR count). The van der Waals surface area contributed by atoms with Crippen LogP contribution in [0.1, 0.15) is 22.3 Å². The lowest BCUT2D eigenvalue weighted by Crippen LogP contribution is -2.36.